The van der Waals surface area contributed by atoms with Crippen LogP contribution < -0.4 is 9.64 Å². The van der Waals surface area contributed by atoms with Crippen LogP contribution in [0.5, 0.6) is 5.88 Å². The molecular weight excluding hydrogens is 508 g/mol. The molecule has 1 amide bonds. The van der Waals surface area contributed by atoms with Crippen LogP contribution in [0, 0.1) is 11.3 Å². The van der Waals surface area contributed by atoms with E-state index in [9.17, 15) is 18.3 Å². The molecule has 3 aliphatic heterocycles. The van der Waals surface area contributed by atoms with Crippen LogP contribution in [0.4, 0.5) is 10.6 Å². The van der Waals surface area contributed by atoms with E-state index >= 15 is 0 Å². The number of carboxylic acid groups (broad SMARTS) is 1. The third kappa shape index (κ3) is 6.51. The Morgan fingerprint density at radius 3 is 2.42 bits per heavy atom. The number of nitrogens with zero attached hydrogens (tertiary/aromatic N) is 6. The summed E-state index contributed by atoms with van der Waals surface area (Å²) >= 11 is 0. The van der Waals surface area contributed by atoms with Gasteiger partial charge in [0.1, 0.15) is 5.82 Å². The monoisotopic (exact) mass is 550 g/mol. The molecule has 5 rings (SSSR count). The second-order valence-corrected chi connectivity index (χ2v) is 13.8. The summed E-state index contributed by atoms with van der Waals surface area (Å²) in [4.78, 5) is 26.6. The third-order valence-electron chi connectivity index (χ3n) is 8.95. The highest BCUT2D eigenvalue weighted by molar-refractivity contribution is 7.89. The van der Waals surface area contributed by atoms with E-state index in [2.05, 4.69) is 26.7 Å². The average molecular weight is 551 g/mol. The quantitative estimate of drug-likeness (QED) is 0.494. The number of carbonyl (C=O) groups is 1. The minimum Gasteiger partial charge on any atom is -0.476 e. The lowest BCUT2D eigenvalue weighted by Crippen LogP contribution is -2.50. The summed E-state index contributed by atoms with van der Waals surface area (Å²) < 4.78 is 33.3. The molecule has 4 aliphatic rings. The van der Waals surface area contributed by atoms with Gasteiger partial charge < -0.3 is 24.5 Å². The minimum atomic E-state index is -3.26. The molecule has 38 heavy (non-hydrogen) atoms. The van der Waals surface area contributed by atoms with E-state index in [1.165, 1.54) is 6.42 Å². The summed E-state index contributed by atoms with van der Waals surface area (Å²) in [5.41, 5.74) is 0.106. The Balaban J connectivity index is 1.07. The van der Waals surface area contributed by atoms with Crippen molar-refractivity contribution in [2.24, 2.45) is 11.3 Å². The normalized spacial score (nSPS) is 26.8. The van der Waals surface area contributed by atoms with Gasteiger partial charge in [-0.2, -0.15) is 4.31 Å². The number of anilines is 1. The van der Waals surface area contributed by atoms with Gasteiger partial charge in [-0.05, 0) is 62.9 Å². The van der Waals surface area contributed by atoms with Crippen LogP contribution in [-0.4, -0.2) is 114 Å². The second kappa shape index (κ2) is 11.5. The van der Waals surface area contributed by atoms with Gasteiger partial charge in [-0.1, -0.05) is 13.3 Å². The first kappa shape index (κ1) is 27.4. The number of rotatable bonds is 9. The van der Waals surface area contributed by atoms with Gasteiger partial charge in [-0.25, -0.2) is 23.2 Å². The molecule has 11 nitrogen and oxygen atoms in total. The van der Waals surface area contributed by atoms with Crippen molar-refractivity contribution in [2.45, 2.75) is 57.9 Å². The number of sulfonamides is 1. The zero-order valence-electron chi connectivity index (χ0n) is 22.5. The molecule has 2 atom stereocenters. The molecule has 1 aliphatic carbocycles. The summed E-state index contributed by atoms with van der Waals surface area (Å²) in [6.07, 6.45) is 9.84. The Kier molecular flexibility index (Phi) is 8.30. The van der Waals surface area contributed by atoms with Crippen molar-refractivity contribution in [3.05, 3.63) is 12.4 Å². The van der Waals surface area contributed by atoms with E-state index < -0.39 is 16.1 Å². The summed E-state index contributed by atoms with van der Waals surface area (Å²) in [6.45, 7) is 7.95. The molecule has 0 spiro atoms. The molecule has 0 aromatic carbocycles. The number of amides is 1. The van der Waals surface area contributed by atoms with Gasteiger partial charge in [0, 0.05) is 45.3 Å². The van der Waals surface area contributed by atoms with Crippen LogP contribution >= 0.6 is 0 Å². The summed E-state index contributed by atoms with van der Waals surface area (Å²) in [5.74, 6) is 1.66. The van der Waals surface area contributed by atoms with Crippen LogP contribution in [0.2, 0.25) is 0 Å². The molecule has 212 valence electrons. The number of hydrogen-bond acceptors (Lipinski definition) is 8. The fourth-order valence-electron chi connectivity index (χ4n) is 6.11. The van der Waals surface area contributed by atoms with Crippen molar-refractivity contribution < 1.29 is 23.1 Å². The highest BCUT2D eigenvalue weighted by atomic mass is 32.2. The minimum absolute atomic E-state index is 0.0584. The first-order chi connectivity index (χ1) is 18.2. The van der Waals surface area contributed by atoms with Crippen molar-refractivity contribution >= 4 is 21.9 Å². The lowest BCUT2D eigenvalue weighted by molar-refractivity contribution is 0.0483. The molecule has 2 unspecified atom stereocenters. The van der Waals surface area contributed by atoms with E-state index in [1.54, 1.807) is 21.6 Å². The van der Waals surface area contributed by atoms with Crippen LogP contribution in [0.25, 0.3) is 0 Å². The molecule has 4 heterocycles. The van der Waals surface area contributed by atoms with E-state index in [0.717, 1.165) is 57.4 Å². The van der Waals surface area contributed by atoms with E-state index in [4.69, 9.17) is 4.74 Å². The first-order valence-corrected chi connectivity index (χ1v) is 15.7. The topological polar surface area (TPSA) is 119 Å². The maximum atomic E-state index is 12.9. The number of piperidine rings is 2. The molecule has 12 heteroatoms. The van der Waals surface area contributed by atoms with E-state index in [0.29, 0.717) is 57.7 Å². The SMILES string of the molecule is CC1(C2CC(COc3cnc(N4CCN(S(=O)(=O)CCN5CCCCC5)CC4)cn3)CCN2C(=O)O)CC1. The predicted octanol–water partition coefficient (Wildman–Crippen LogP) is 2.35. The van der Waals surface area contributed by atoms with Crippen LogP contribution in [0.1, 0.15) is 51.9 Å². The lowest BCUT2D eigenvalue weighted by atomic mass is 9.83. The molecule has 3 saturated heterocycles. The average Bonchev–Trinajstić information content (AvgIpc) is 3.70. The molecular formula is C26H42N6O5S. The highest BCUT2D eigenvalue weighted by Crippen LogP contribution is 2.53. The zero-order valence-corrected chi connectivity index (χ0v) is 23.3. The Morgan fingerprint density at radius 1 is 1.05 bits per heavy atom. The highest BCUT2D eigenvalue weighted by Gasteiger charge is 2.50. The molecule has 4 fully saturated rings. The Labute approximate surface area is 226 Å². The van der Waals surface area contributed by atoms with Crippen LogP contribution in [0.15, 0.2) is 12.4 Å². The smallest absolute Gasteiger partial charge is 0.407 e. The fraction of sp³-hybridized carbons (Fsp3) is 0.808. The Bertz CT molecular complexity index is 1050. The Hall–Kier alpha value is -2.18. The summed E-state index contributed by atoms with van der Waals surface area (Å²) in [5, 5.41) is 9.59. The van der Waals surface area contributed by atoms with Crippen molar-refractivity contribution in [1.29, 1.82) is 0 Å². The van der Waals surface area contributed by atoms with Gasteiger partial charge in [-0.15, -0.1) is 0 Å². The Morgan fingerprint density at radius 2 is 1.79 bits per heavy atom. The predicted molar refractivity (Wildman–Crippen MR) is 144 cm³/mol. The molecule has 1 aromatic rings. The maximum Gasteiger partial charge on any atom is 0.407 e. The molecule has 0 radical (unpaired) electrons. The molecule has 1 N–H and O–H groups in total. The standard InChI is InChI=1S/C26H42N6O5S/c1-26(6-7-26)22-17-21(5-10-32(22)25(33)34)20-37-24-19-27-23(18-28-24)30-11-13-31(14-12-30)38(35,36)16-15-29-8-3-2-4-9-29/h18-19,21-22H,2-17,20H2,1H3,(H,33,34). The largest absolute Gasteiger partial charge is 0.476 e. The van der Waals surface area contributed by atoms with E-state index in [1.807, 2.05) is 0 Å². The summed E-state index contributed by atoms with van der Waals surface area (Å²) in [6, 6.07) is 0.0584. The molecule has 1 saturated carbocycles. The number of hydrogen-bond donors (Lipinski definition) is 1. The van der Waals surface area contributed by atoms with E-state index in [-0.39, 0.29) is 17.2 Å². The van der Waals surface area contributed by atoms with Gasteiger partial charge in [-0.3, -0.25) is 0 Å². The van der Waals surface area contributed by atoms with Crippen LogP contribution in [0.3, 0.4) is 0 Å². The zero-order chi connectivity index (χ0) is 26.8. The summed E-state index contributed by atoms with van der Waals surface area (Å²) in [7, 11) is -3.26. The number of aromatic nitrogens is 2. The first-order valence-electron chi connectivity index (χ1n) is 14.1. The van der Waals surface area contributed by atoms with Crippen molar-refractivity contribution in [1.82, 2.24) is 24.1 Å². The lowest BCUT2D eigenvalue weighted by Gasteiger charge is -2.41. The van der Waals surface area contributed by atoms with Gasteiger partial charge >= 0.3 is 6.09 Å². The van der Waals surface area contributed by atoms with Gasteiger partial charge in [0.15, 0.2) is 0 Å². The van der Waals surface area contributed by atoms with Gasteiger partial charge in [0.25, 0.3) is 0 Å². The molecule has 0 bridgehead atoms. The fourth-order valence-corrected chi connectivity index (χ4v) is 7.58. The van der Waals surface area contributed by atoms with Gasteiger partial charge in [0.05, 0.1) is 24.8 Å². The van der Waals surface area contributed by atoms with Gasteiger partial charge in [0.2, 0.25) is 15.9 Å². The maximum absolute atomic E-state index is 12.9. The number of likely N-dealkylation sites (tertiary alicyclic amines) is 2. The number of ether oxygens (including phenoxy) is 1. The van der Waals surface area contributed by atoms with Crippen molar-refractivity contribution in [3.63, 3.8) is 0 Å². The third-order valence-corrected chi connectivity index (χ3v) is 10.8. The van der Waals surface area contributed by atoms with Crippen molar-refractivity contribution in [3.8, 4) is 5.88 Å². The second-order valence-electron chi connectivity index (χ2n) is 11.7. The van der Waals surface area contributed by atoms with Crippen LogP contribution in [-0.2, 0) is 10.0 Å². The molecule has 1 aromatic heterocycles. The number of piperazine rings is 1. The van der Waals surface area contributed by atoms with Crippen molar-refractivity contribution in [2.75, 3.05) is 69.6 Å².